The zero-order valence-corrected chi connectivity index (χ0v) is 8.86. The van der Waals surface area contributed by atoms with E-state index in [0.29, 0.717) is 12.0 Å². The molecule has 0 amide bonds. The summed E-state index contributed by atoms with van der Waals surface area (Å²) in [7, 11) is 1.35. The van der Waals surface area contributed by atoms with E-state index in [1.54, 1.807) is 0 Å². The monoisotopic (exact) mass is 203 g/mol. The van der Waals surface area contributed by atoms with Crippen LogP contribution < -0.4 is 0 Å². The molecule has 0 saturated heterocycles. The van der Waals surface area contributed by atoms with Gasteiger partial charge in [0.25, 0.3) is 0 Å². The molecule has 0 N–H and O–H groups in total. The summed E-state index contributed by atoms with van der Waals surface area (Å²) in [6, 6.07) is 9.35. The fourth-order valence-corrected chi connectivity index (χ4v) is 1.03. The number of methoxy groups -OCH3 is 1. The first kappa shape index (κ1) is 11.2. The fourth-order valence-electron chi connectivity index (χ4n) is 1.03. The molecular formula is C12H13NO2. The molecule has 0 aliphatic rings. The van der Waals surface area contributed by atoms with Crippen molar-refractivity contribution in [3.05, 3.63) is 35.9 Å². The molecule has 0 fully saturated rings. The van der Waals surface area contributed by atoms with Gasteiger partial charge in [0, 0.05) is 0 Å². The number of rotatable bonds is 3. The van der Waals surface area contributed by atoms with Crippen LogP contribution in [0.4, 0.5) is 5.69 Å². The van der Waals surface area contributed by atoms with Gasteiger partial charge in [-0.25, -0.2) is 9.79 Å². The van der Waals surface area contributed by atoms with Crippen LogP contribution in [0.1, 0.15) is 13.3 Å². The highest BCUT2D eigenvalue weighted by atomic mass is 16.5. The molecule has 0 aromatic heterocycles. The van der Waals surface area contributed by atoms with Crippen molar-refractivity contribution in [2.45, 2.75) is 13.3 Å². The lowest BCUT2D eigenvalue weighted by molar-refractivity contribution is -0.136. The summed E-state index contributed by atoms with van der Waals surface area (Å²) in [4.78, 5) is 15.2. The van der Waals surface area contributed by atoms with Crippen LogP contribution in [0.15, 0.2) is 40.9 Å². The van der Waals surface area contributed by atoms with Gasteiger partial charge in [0.15, 0.2) is 0 Å². The summed E-state index contributed by atoms with van der Waals surface area (Å²) in [6.07, 6.45) is 0.559. The number of carbonyl (C=O) groups excluding carboxylic acids is 1. The lowest BCUT2D eigenvalue weighted by Gasteiger charge is -1.96. The zero-order chi connectivity index (χ0) is 11.1. The molecule has 0 aliphatic heterocycles. The van der Waals surface area contributed by atoms with Crippen molar-refractivity contribution in [2.24, 2.45) is 4.99 Å². The molecule has 3 nitrogen and oxygen atoms in total. The second-order valence-electron chi connectivity index (χ2n) is 2.88. The highest BCUT2D eigenvalue weighted by Crippen LogP contribution is 2.08. The van der Waals surface area contributed by atoms with E-state index in [-0.39, 0.29) is 5.97 Å². The highest BCUT2D eigenvalue weighted by Gasteiger charge is 2.05. The van der Waals surface area contributed by atoms with Crippen LogP contribution >= 0.6 is 0 Å². The molecule has 0 saturated carbocycles. The van der Waals surface area contributed by atoms with E-state index in [1.807, 2.05) is 37.3 Å². The van der Waals surface area contributed by atoms with E-state index in [0.717, 1.165) is 5.69 Å². The first-order chi connectivity index (χ1) is 7.27. The van der Waals surface area contributed by atoms with Crippen LogP contribution in [0.25, 0.3) is 0 Å². The Kier molecular flexibility index (Phi) is 4.32. The fraction of sp³-hybridized carbons (Fsp3) is 0.250. The molecule has 1 aromatic rings. The van der Waals surface area contributed by atoms with Crippen molar-refractivity contribution in [3.8, 4) is 0 Å². The maximum absolute atomic E-state index is 11.2. The third-order valence-corrected chi connectivity index (χ3v) is 1.86. The molecule has 0 unspecified atom stereocenters. The molecule has 0 heterocycles. The maximum Gasteiger partial charge on any atom is 0.343 e. The van der Waals surface area contributed by atoms with Gasteiger partial charge in [0.05, 0.1) is 18.4 Å². The topological polar surface area (TPSA) is 38.7 Å². The maximum atomic E-state index is 11.2. The Morgan fingerprint density at radius 3 is 2.60 bits per heavy atom. The Labute approximate surface area is 89.1 Å². The summed E-state index contributed by atoms with van der Waals surface area (Å²) in [6.45, 7) is 1.86. The Morgan fingerprint density at radius 1 is 1.40 bits per heavy atom. The molecular weight excluding hydrogens is 190 g/mol. The van der Waals surface area contributed by atoms with Crippen molar-refractivity contribution in [2.75, 3.05) is 7.11 Å². The smallest absolute Gasteiger partial charge is 0.343 e. The number of aliphatic imine (C=N–C) groups is 1. The van der Waals surface area contributed by atoms with Gasteiger partial charge in [0.2, 0.25) is 0 Å². The van der Waals surface area contributed by atoms with Gasteiger partial charge in [-0.15, -0.1) is 0 Å². The molecule has 3 heteroatoms. The quantitative estimate of drug-likeness (QED) is 0.430. The third kappa shape index (κ3) is 3.41. The zero-order valence-electron chi connectivity index (χ0n) is 8.86. The molecule has 1 aromatic carbocycles. The Balaban J connectivity index is 2.93. The molecule has 78 valence electrons. The SMILES string of the molecule is CCC(=C=Nc1ccccc1)C(=O)OC. The van der Waals surface area contributed by atoms with Gasteiger partial charge >= 0.3 is 5.97 Å². The number of nitrogens with zero attached hydrogens (tertiary/aromatic N) is 1. The van der Waals surface area contributed by atoms with E-state index in [9.17, 15) is 4.79 Å². The number of benzene rings is 1. The summed E-state index contributed by atoms with van der Waals surface area (Å²) < 4.78 is 4.59. The summed E-state index contributed by atoms with van der Waals surface area (Å²) >= 11 is 0. The van der Waals surface area contributed by atoms with Crippen LogP contribution in [0.2, 0.25) is 0 Å². The highest BCUT2D eigenvalue weighted by molar-refractivity contribution is 5.98. The summed E-state index contributed by atoms with van der Waals surface area (Å²) in [5.74, 6) is 2.33. The molecule has 0 radical (unpaired) electrons. The van der Waals surface area contributed by atoms with E-state index in [1.165, 1.54) is 7.11 Å². The number of hydrogen-bond donors (Lipinski definition) is 0. The summed E-state index contributed by atoms with van der Waals surface area (Å²) in [5.41, 5.74) is 1.22. The van der Waals surface area contributed by atoms with Crippen molar-refractivity contribution in [1.82, 2.24) is 0 Å². The summed E-state index contributed by atoms with van der Waals surface area (Å²) in [5, 5.41) is 0. The van der Waals surface area contributed by atoms with Gasteiger partial charge in [0.1, 0.15) is 0 Å². The standard InChI is InChI=1S/C12H13NO2/c1-3-10(12(14)15-2)9-13-11-7-5-4-6-8-11/h4-8H,3H2,1-2H3. The van der Waals surface area contributed by atoms with E-state index < -0.39 is 0 Å². The van der Waals surface area contributed by atoms with Crippen LogP contribution in [0, 0.1) is 0 Å². The second kappa shape index (κ2) is 5.78. The largest absolute Gasteiger partial charge is 0.465 e. The number of para-hydroxylation sites is 1. The Bertz CT molecular complexity index is 389. The van der Waals surface area contributed by atoms with Crippen molar-refractivity contribution >= 4 is 17.5 Å². The minimum atomic E-state index is -0.378. The predicted octanol–water partition coefficient (Wildman–Crippen LogP) is 2.50. The number of esters is 1. The Morgan fingerprint density at radius 2 is 2.07 bits per heavy atom. The predicted molar refractivity (Wildman–Crippen MR) is 59.4 cm³/mol. The van der Waals surface area contributed by atoms with E-state index in [4.69, 9.17) is 0 Å². The molecule has 1 rings (SSSR count). The minimum Gasteiger partial charge on any atom is -0.465 e. The minimum absolute atomic E-state index is 0.378. The van der Waals surface area contributed by atoms with E-state index >= 15 is 0 Å². The number of hydrogen-bond acceptors (Lipinski definition) is 3. The van der Waals surface area contributed by atoms with Crippen LogP contribution in [-0.2, 0) is 9.53 Å². The number of carbonyl (C=O) groups is 1. The first-order valence-electron chi connectivity index (χ1n) is 4.74. The lowest BCUT2D eigenvalue weighted by atomic mass is 10.2. The Hall–Kier alpha value is -1.86. The van der Waals surface area contributed by atoms with Crippen LogP contribution in [0.5, 0.6) is 0 Å². The van der Waals surface area contributed by atoms with Gasteiger partial charge in [-0.3, -0.25) is 0 Å². The average molecular weight is 203 g/mol. The van der Waals surface area contributed by atoms with Crippen molar-refractivity contribution < 1.29 is 9.53 Å². The third-order valence-electron chi connectivity index (χ3n) is 1.86. The van der Waals surface area contributed by atoms with Crippen LogP contribution in [-0.4, -0.2) is 18.9 Å². The van der Waals surface area contributed by atoms with Gasteiger partial charge < -0.3 is 4.74 Å². The van der Waals surface area contributed by atoms with Crippen LogP contribution in [0.3, 0.4) is 0 Å². The molecule has 0 aliphatic carbocycles. The van der Waals surface area contributed by atoms with Crippen molar-refractivity contribution in [1.29, 1.82) is 0 Å². The van der Waals surface area contributed by atoms with Crippen molar-refractivity contribution in [3.63, 3.8) is 0 Å². The molecule has 0 spiro atoms. The van der Waals surface area contributed by atoms with Gasteiger partial charge in [-0.2, -0.15) is 0 Å². The normalized spacial score (nSPS) is 8.93. The molecule has 0 bridgehead atoms. The lowest BCUT2D eigenvalue weighted by Crippen LogP contribution is -2.04. The van der Waals surface area contributed by atoms with Gasteiger partial charge in [-0.05, 0) is 24.4 Å². The number of ether oxygens (including phenoxy) is 1. The molecule has 15 heavy (non-hydrogen) atoms. The average Bonchev–Trinajstić information content (AvgIpc) is 2.31. The second-order valence-corrected chi connectivity index (χ2v) is 2.88. The van der Waals surface area contributed by atoms with Gasteiger partial charge in [-0.1, -0.05) is 25.1 Å². The molecule has 0 atom stereocenters. The van der Waals surface area contributed by atoms with E-state index in [2.05, 4.69) is 15.6 Å². The first-order valence-corrected chi connectivity index (χ1v) is 4.74.